The average molecular weight is 155 g/mol. The molecule has 0 atom stereocenters. The number of hydrogen-bond donors (Lipinski definition) is 1. The topological polar surface area (TPSA) is 55.3 Å². The van der Waals surface area contributed by atoms with E-state index in [1.807, 2.05) is 25.1 Å². The Morgan fingerprint density at radius 1 is 1.64 bits per heavy atom. The summed E-state index contributed by atoms with van der Waals surface area (Å²) in [7, 11) is 3.97. The van der Waals surface area contributed by atoms with Crippen molar-refractivity contribution in [2.45, 2.75) is 13.1 Å². The monoisotopic (exact) mass is 155 g/mol. The SMILES string of the molecule is CN(C)Cc1cc(CN)on1. The summed E-state index contributed by atoms with van der Waals surface area (Å²) in [6.45, 7) is 1.21. The Kier molecular flexibility index (Phi) is 2.62. The van der Waals surface area contributed by atoms with Crippen LogP contribution in [0.1, 0.15) is 11.5 Å². The van der Waals surface area contributed by atoms with Crippen LogP contribution in [0.25, 0.3) is 0 Å². The number of nitrogens with zero attached hydrogens (tertiary/aromatic N) is 2. The minimum absolute atomic E-state index is 0.417. The van der Waals surface area contributed by atoms with Gasteiger partial charge in [0.2, 0.25) is 0 Å². The molecule has 0 amide bonds. The summed E-state index contributed by atoms with van der Waals surface area (Å²) in [5, 5.41) is 3.83. The molecule has 0 radical (unpaired) electrons. The predicted molar refractivity (Wildman–Crippen MR) is 41.8 cm³/mol. The molecule has 62 valence electrons. The van der Waals surface area contributed by atoms with E-state index in [1.54, 1.807) is 0 Å². The molecule has 1 heterocycles. The van der Waals surface area contributed by atoms with Crippen LogP contribution in [0.4, 0.5) is 0 Å². The van der Waals surface area contributed by atoms with Crippen molar-refractivity contribution in [2.24, 2.45) is 5.73 Å². The standard InChI is InChI=1S/C7H13N3O/c1-10(2)5-6-3-7(4-8)11-9-6/h3H,4-5,8H2,1-2H3. The molecule has 0 saturated carbocycles. The van der Waals surface area contributed by atoms with Crippen molar-refractivity contribution in [1.29, 1.82) is 0 Å². The van der Waals surface area contributed by atoms with Crippen LogP contribution in [0.3, 0.4) is 0 Å². The summed E-state index contributed by atoms with van der Waals surface area (Å²) in [4.78, 5) is 2.03. The van der Waals surface area contributed by atoms with Crippen LogP contribution in [0.15, 0.2) is 10.6 Å². The van der Waals surface area contributed by atoms with Gasteiger partial charge in [-0.15, -0.1) is 0 Å². The second kappa shape index (κ2) is 3.50. The maximum Gasteiger partial charge on any atom is 0.150 e. The van der Waals surface area contributed by atoms with Gasteiger partial charge in [-0.05, 0) is 14.1 Å². The molecule has 4 heteroatoms. The Labute approximate surface area is 66.0 Å². The zero-order valence-corrected chi connectivity index (χ0v) is 6.87. The summed E-state index contributed by atoms with van der Waals surface area (Å²) in [5.41, 5.74) is 6.27. The third-order valence-electron chi connectivity index (χ3n) is 1.29. The fourth-order valence-electron chi connectivity index (χ4n) is 0.850. The van der Waals surface area contributed by atoms with Crippen molar-refractivity contribution in [2.75, 3.05) is 14.1 Å². The van der Waals surface area contributed by atoms with Gasteiger partial charge in [-0.3, -0.25) is 0 Å². The highest BCUT2D eigenvalue weighted by molar-refractivity contribution is 5.04. The quantitative estimate of drug-likeness (QED) is 0.677. The third kappa shape index (κ3) is 2.32. The van der Waals surface area contributed by atoms with E-state index >= 15 is 0 Å². The summed E-state index contributed by atoms with van der Waals surface area (Å²) in [6, 6.07) is 1.88. The van der Waals surface area contributed by atoms with Crippen molar-refractivity contribution >= 4 is 0 Å². The van der Waals surface area contributed by atoms with Gasteiger partial charge in [0.25, 0.3) is 0 Å². The van der Waals surface area contributed by atoms with Gasteiger partial charge in [0.15, 0.2) is 5.76 Å². The van der Waals surface area contributed by atoms with Crippen molar-refractivity contribution in [3.8, 4) is 0 Å². The lowest BCUT2D eigenvalue weighted by atomic mass is 10.3. The average Bonchev–Trinajstić information content (AvgIpc) is 2.34. The van der Waals surface area contributed by atoms with E-state index in [1.165, 1.54) is 0 Å². The first kappa shape index (κ1) is 8.23. The molecule has 0 unspecified atom stereocenters. The lowest BCUT2D eigenvalue weighted by Gasteiger charge is -2.04. The van der Waals surface area contributed by atoms with Crippen LogP contribution in [0, 0.1) is 0 Å². The Morgan fingerprint density at radius 2 is 2.36 bits per heavy atom. The second-order valence-corrected chi connectivity index (χ2v) is 2.73. The van der Waals surface area contributed by atoms with Crippen molar-refractivity contribution in [3.63, 3.8) is 0 Å². The molecule has 0 aliphatic heterocycles. The van der Waals surface area contributed by atoms with Crippen LogP contribution < -0.4 is 5.73 Å². The number of aromatic nitrogens is 1. The van der Waals surface area contributed by atoms with Gasteiger partial charge < -0.3 is 15.2 Å². The van der Waals surface area contributed by atoms with Crippen LogP contribution >= 0.6 is 0 Å². The maximum atomic E-state index is 5.35. The van der Waals surface area contributed by atoms with E-state index in [-0.39, 0.29) is 0 Å². The van der Waals surface area contributed by atoms with Crippen molar-refractivity contribution in [1.82, 2.24) is 10.1 Å². The van der Waals surface area contributed by atoms with Gasteiger partial charge in [-0.25, -0.2) is 0 Å². The molecular weight excluding hydrogens is 142 g/mol. The first-order valence-corrected chi connectivity index (χ1v) is 3.51. The van der Waals surface area contributed by atoms with Crippen LogP contribution in [-0.2, 0) is 13.1 Å². The van der Waals surface area contributed by atoms with Gasteiger partial charge in [0.1, 0.15) is 0 Å². The van der Waals surface area contributed by atoms with E-state index in [9.17, 15) is 0 Å². The first-order valence-electron chi connectivity index (χ1n) is 3.51. The summed E-state index contributed by atoms with van der Waals surface area (Å²) < 4.78 is 4.91. The predicted octanol–water partition coefficient (Wildman–Crippen LogP) is 0.195. The van der Waals surface area contributed by atoms with Crippen molar-refractivity contribution < 1.29 is 4.52 Å². The molecule has 1 aromatic rings. The normalized spacial score (nSPS) is 10.9. The minimum atomic E-state index is 0.417. The highest BCUT2D eigenvalue weighted by Crippen LogP contribution is 2.03. The molecule has 0 aliphatic carbocycles. The molecule has 4 nitrogen and oxygen atoms in total. The fourth-order valence-corrected chi connectivity index (χ4v) is 0.850. The molecule has 0 saturated heterocycles. The third-order valence-corrected chi connectivity index (χ3v) is 1.29. The number of rotatable bonds is 3. The minimum Gasteiger partial charge on any atom is -0.360 e. The summed E-state index contributed by atoms with van der Waals surface area (Å²) >= 11 is 0. The number of nitrogens with two attached hydrogens (primary N) is 1. The van der Waals surface area contributed by atoms with Crippen LogP contribution in [-0.4, -0.2) is 24.2 Å². The highest BCUT2D eigenvalue weighted by atomic mass is 16.5. The Bertz CT molecular complexity index is 219. The highest BCUT2D eigenvalue weighted by Gasteiger charge is 2.02. The maximum absolute atomic E-state index is 5.35. The lowest BCUT2D eigenvalue weighted by Crippen LogP contribution is -2.10. The first-order chi connectivity index (χ1) is 5.22. The molecule has 2 N–H and O–H groups in total. The van der Waals surface area contributed by atoms with E-state index < -0.39 is 0 Å². The Morgan fingerprint density at radius 3 is 2.82 bits per heavy atom. The van der Waals surface area contributed by atoms with Gasteiger partial charge in [0.05, 0.1) is 12.2 Å². The van der Waals surface area contributed by atoms with E-state index in [0.717, 1.165) is 18.0 Å². The van der Waals surface area contributed by atoms with Gasteiger partial charge in [0, 0.05) is 12.6 Å². The summed E-state index contributed by atoms with van der Waals surface area (Å²) in [5.74, 6) is 0.738. The summed E-state index contributed by atoms with van der Waals surface area (Å²) in [6.07, 6.45) is 0. The van der Waals surface area contributed by atoms with Crippen molar-refractivity contribution in [3.05, 3.63) is 17.5 Å². The zero-order valence-electron chi connectivity index (χ0n) is 6.87. The lowest BCUT2D eigenvalue weighted by molar-refractivity contribution is 0.350. The molecular formula is C7H13N3O. The van der Waals surface area contributed by atoms with E-state index in [2.05, 4.69) is 5.16 Å². The smallest absolute Gasteiger partial charge is 0.150 e. The van der Waals surface area contributed by atoms with Crippen LogP contribution in [0.5, 0.6) is 0 Å². The molecule has 1 aromatic heterocycles. The molecule has 0 aliphatic rings. The Balaban J connectivity index is 2.58. The molecule has 11 heavy (non-hydrogen) atoms. The van der Waals surface area contributed by atoms with Gasteiger partial charge >= 0.3 is 0 Å². The van der Waals surface area contributed by atoms with Gasteiger partial charge in [-0.1, -0.05) is 5.16 Å². The number of hydrogen-bond acceptors (Lipinski definition) is 4. The molecule has 0 spiro atoms. The van der Waals surface area contributed by atoms with E-state index in [4.69, 9.17) is 10.3 Å². The second-order valence-electron chi connectivity index (χ2n) is 2.73. The fraction of sp³-hybridized carbons (Fsp3) is 0.571. The molecule has 1 rings (SSSR count). The van der Waals surface area contributed by atoms with Gasteiger partial charge in [-0.2, -0.15) is 0 Å². The zero-order chi connectivity index (χ0) is 8.27. The van der Waals surface area contributed by atoms with Crippen LogP contribution in [0.2, 0.25) is 0 Å². The Hall–Kier alpha value is -0.870. The molecule has 0 aromatic carbocycles. The largest absolute Gasteiger partial charge is 0.360 e. The molecule has 0 bridgehead atoms. The molecule has 0 fully saturated rings. The van der Waals surface area contributed by atoms with E-state index in [0.29, 0.717) is 6.54 Å².